The fraction of sp³-hybridized carbons (Fsp3) is 0.333. The second-order valence-corrected chi connectivity index (χ2v) is 8.04. The summed E-state index contributed by atoms with van der Waals surface area (Å²) in [5, 5.41) is 12.6. The van der Waals surface area contributed by atoms with Crippen molar-refractivity contribution in [2.45, 2.75) is 40.2 Å². The monoisotopic (exact) mass is 432 g/mol. The first-order chi connectivity index (χ1) is 15.4. The number of ether oxygens (including phenoxy) is 1. The van der Waals surface area contributed by atoms with Gasteiger partial charge in [0.05, 0.1) is 25.2 Å². The van der Waals surface area contributed by atoms with E-state index in [1.807, 2.05) is 27.0 Å². The number of carbonyl (C=O) groups is 1. The van der Waals surface area contributed by atoms with Crippen molar-refractivity contribution in [2.24, 2.45) is 7.05 Å². The van der Waals surface area contributed by atoms with Crippen molar-refractivity contribution in [2.75, 3.05) is 12.4 Å². The maximum Gasteiger partial charge on any atom is 0.242 e. The van der Waals surface area contributed by atoms with Crippen LogP contribution in [0.5, 0.6) is 5.88 Å². The summed E-state index contributed by atoms with van der Waals surface area (Å²) in [5.41, 5.74) is 6.13. The molecule has 0 spiro atoms. The third kappa shape index (κ3) is 4.21. The number of aryl methyl sites for hydroxylation is 4. The number of methoxy groups -OCH3 is 1. The van der Waals surface area contributed by atoms with E-state index in [4.69, 9.17) is 9.72 Å². The molecule has 4 aromatic rings. The summed E-state index contributed by atoms with van der Waals surface area (Å²) < 4.78 is 8.95. The molecular weight excluding hydrogens is 404 g/mol. The Morgan fingerprint density at radius 1 is 1.12 bits per heavy atom. The molecule has 0 fully saturated rings. The third-order valence-electron chi connectivity index (χ3n) is 5.76. The summed E-state index contributed by atoms with van der Waals surface area (Å²) >= 11 is 0. The molecule has 0 unspecified atom stereocenters. The number of hydrogen-bond donors (Lipinski definition) is 1. The highest BCUT2D eigenvalue weighted by Crippen LogP contribution is 2.30. The quantitative estimate of drug-likeness (QED) is 0.481. The fourth-order valence-electron chi connectivity index (χ4n) is 3.98. The van der Waals surface area contributed by atoms with Crippen LogP contribution >= 0.6 is 0 Å². The van der Waals surface area contributed by atoms with Gasteiger partial charge >= 0.3 is 0 Å². The molecule has 1 N–H and O–H groups in total. The summed E-state index contributed by atoms with van der Waals surface area (Å²) in [5.74, 6) is 1.18. The van der Waals surface area contributed by atoms with E-state index in [0.29, 0.717) is 31.1 Å². The van der Waals surface area contributed by atoms with Gasteiger partial charge in [-0.15, -0.1) is 5.10 Å². The van der Waals surface area contributed by atoms with Crippen molar-refractivity contribution in [3.8, 4) is 5.88 Å². The topological polar surface area (TPSA) is 86.9 Å². The van der Waals surface area contributed by atoms with E-state index in [2.05, 4.69) is 46.7 Å². The number of amides is 1. The van der Waals surface area contributed by atoms with Crippen molar-refractivity contribution in [3.63, 3.8) is 0 Å². The van der Waals surface area contributed by atoms with Crippen LogP contribution in [0.3, 0.4) is 0 Å². The van der Waals surface area contributed by atoms with Crippen LogP contribution in [-0.4, -0.2) is 37.6 Å². The molecule has 0 aliphatic carbocycles. The van der Waals surface area contributed by atoms with E-state index in [-0.39, 0.29) is 5.91 Å². The molecule has 8 heteroatoms. The van der Waals surface area contributed by atoms with Gasteiger partial charge in [-0.3, -0.25) is 4.79 Å². The molecule has 0 aliphatic rings. The van der Waals surface area contributed by atoms with Gasteiger partial charge in [-0.05, 0) is 43.9 Å². The van der Waals surface area contributed by atoms with Crippen LogP contribution < -0.4 is 10.1 Å². The van der Waals surface area contributed by atoms with Crippen molar-refractivity contribution >= 4 is 22.8 Å². The Hall–Kier alpha value is -3.68. The lowest BCUT2D eigenvalue weighted by Gasteiger charge is -2.12. The first-order valence-electron chi connectivity index (χ1n) is 10.6. The minimum atomic E-state index is -0.0623. The molecule has 3 heterocycles. The summed E-state index contributed by atoms with van der Waals surface area (Å²) in [7, 11) is 3.46. The molecular formula is C24H28N6O2. The minimum Gasteiger partial charge on any atom is -0.479 e. The normalized spacial score (nSPS) is 11.2. The smallest absolute Gasteiger partial charge is 0.242 e. The fourth-order valence-corrected chi connectivity index (χ4v) is 3.98. The molecule has 0 saturated heterocycles. The van der Waals surface area contributed by atoms with Gasteiger partial charge < -0.3 is 10.1 Å². The molecule has 1 amide bonds. The van der Waals surface area contributed by atoms with E-state index in [9.17, 15) is 4.79 Å². The van der Waals surface area contributed by atoms with Crippen LogP contribution in [0, 0.1) is 20.8 Å². The van der Waals surface area contributed by atoms with E-state index in [1.165, 1.54) is 5.56 Å². The molecule has 8 nitrogen and oxygen atoms in total. The second-order valence-electron chi connectivity index (χ2n) is 8.04. The highest BCUT2D eigenvalue weighted by atomic mass is 16.5. The lowest BCUT2D eigenvalue weighted by atomic mass is 10.00. The zero-order chi connectivity index (χ0) is 22.8. The highest BCUT2D eigenvalue weighted by Gasteiger charge is 2.18. The Morgan fingerprint density at radius 3 is 2.59 bits per heavy atom. The Morgan fingerprint density at radius 2 is 1.88 bits per heavy atom. The summed E-state index contributed by atoms with van der Waals surface area (Å²) in [6.07, 6.45) is 2.62. The van der Waals surface area contributed by atoms with Crippen LogP contribution in [0.2, 0.25) is 0 Å². The Balaban J connectivity index is 1.47. The van der Waals surface area contributed by atoms with Gasteiger partial charge in [0.2, 0.25) is 11.8 Å². The second kappa shape index (κ2) is 8.82. The maximum absolute atomic E-state index is 12.7. The first kappa shape index (κ1) is 21.5. The molecule has 0 atom stereocenters. The van der Waals surface area contributed by atoms with Crippen molar-refractivity contribution in [3.05, 3.63) is 64.5 Å². The Kier molecular flexibility index (Phi) is 5.94. The van der Waals surface area contributed by atoms with Crippen LogP contribution in [0.15, 0.2) is 36.5 Å². The van der Waals surface area contributed by atoms with Crippen LogP contribution in [0.1, 0.15) is 34.4 Å². The van der Waals surface area contributed by atoms with E-state index >= 15 is 0 Å². The van der Waals surface area contributed by atoms with Crippen molar-refractivity contribution in [1.29, 1.82) is 0 Å². The first-order valence-corrected chi connectivity index (χ1v) is 10.6. The van der Waals surface area contributed by atoms with E-state index in [1.54, 1.807) is 22.7 Å². The number of benzene rings is 1. The van der Waals surface area contributed by atoms with E-state index in [0.717, 1.165) is 33.4 Å². The largest absolute Gasteiger partial charge is 0.479 e. The van der Waals surface area contributed by atoms with Gasteiger partial charge in [0.25, 0.3) is 0 Å². The number of fused-ring (bicyclic) bond motifs is 1. The molecule has 0 aliphatic heterocycles. The van der Waals surface area contributed by atoms with Gasteiger partial charge in [-0.1, -0.05) is 29.8 Å². The predicted octanol–water partition coefficient (Wildman–Crippen LogP) is 3.72. The molecule has 0 bridgehead atoms. The number of nitrogens with one attached hydrogen (secondary N) is 1. The molecule has 32 heavy (non-hydrogen) atoms. The number of nitrogens with zero attached hydrogens (tertiary/aromatic N) is 5. The third-order valence-corrected chi connectivity index (χ3v) is 5.76. The number of carbonyl (C=O) groups excluding carboxylic acids is 1. The number of anilines is 1. The molecule has 166 valence electrons. The summed E-state index contributed by atoms with van der Waals surface area (Å²) in [6, 6.07) is 10.1. The molecule has 1 aromatic carbocycles. The van der Waals surface area contributed by atoms with Gasteiger partial charge in [0.1, 0.15) is 5.82 Å². The van der Waals surface area contributed by atoms with Crippen molar-refractivity contribution in [1.82, 2.24) is 24.5 Å². The summed E-state index contributed by atoms with van der Waals surface area (Å²) in [6.45, 7) is 6.66. The maximum atomic E-state index is 12.7. The molecule has 4 rings (SSSR count). The van der Waals surface area contributed by atoms with Crippen LogP contribution in [0.25, 0.3) is 11.0 Å². The number of hydrogen-bond acceptors (Lipinski definition) is 5. The Labute approximate surface area is 187 Å². The number of aromatic nitrogens is 5. The van der Waals surface area contributed by atoms with Gasteiger partial charge in [0, 0.05) is 25.2 Å². The van der Waals surface area contributed by atoms with Crippen molar-refractivity contribution < 1.29 is 9.53 Å². The molecule has 0 saturated carbocycles. The minimum absolute atomic E-state index is 0.0623. The SMILES string of the molecule is COc1nn(C)c2nc(C)c(CCC(=O)Nc3ccnn3Cc3ccc(C)cc3)c(C)c12. The average Bonchev–Trinajstić information content (AvgIpc) is 3.33. The predicted molar refractivity (Wildman–Crippen MR) is 124 cm³/mol. The van der Waals surface area contributed by atoms with Gasteiger partial charge in [-0.2, -0.15) is 5.10 Å². The van der Waals surface area contributed by atoms with Crippen LogP contribution in [0.4, 0.5) is 5.82 Å². The Bertz CT molecular complexity index is 1270. The summed E-state index contributed by atoms with van der Waals surface area (Å²) in [4.78, 5) is 17.4. The highest BCUT2D eigenvalue weighted by molar-refractivity contribution is 5.90. The molecule has 0 radical (unpaired) electrons. The number of pyridine rings is 1. The van der Waals surface area contributed by atoms with E-state index < -0.39 is 0 Å². The zero-order valence-corrected chi connectivity index (χ0v) is 19.1. The van der Waals surface area contributed by atoms with Gasteiger partial charge in [0.15, 0.2) is 5.65 Å². The lowest BCUT2D eigenvalue weighted by Crippen LogP contribution is -2.17. The standard InChI is InChI=1S/C24H28N6O2/c1-15-6-8-18(9-7-15)14-30-20(12-13-25-30)27-21(31)11-10-19-16(2)22-23(26-17(19)3)29(4)28-24(22)32-5/h6-9,12-13H,10-11,14H2,1-5H3,(H,27,31). The average molecular weight is 433 g/mol. The number of rotatable bonds is 7. The zero-order valence-electron chi connectivity index (χ0n) is 19.1. The van der Waals surface area contributed by atoms with Crippen LogP contribution in [-0.2, 0) is 24.8 Å². The lowest BCUT2D eigenvalue weighted by molar-refractivity contribution is -0.116. The van der Waals surface area contributed by atoms with Gasteiger partial charge in [-0.25, -0.2) is 14.3 Å². The molecule has 3 aromatic heterocycles.